The molecule has 0 radical (unpaired) electrons. The minimum atomic E-state index is 0.590. The third kappa shape index (κ3) is 2.46. The molecule has 0 heterocycles. The first-order chi connectivity index (χ1) is 6.31. The third-order valence-electron chi connectivity index (χ3n) is 2.15. The maximum absolute atomic E-state index is 5.65. The first-order valence-electron chi connectivity index (χ1n) is 4.67. The summed E-state index contributed by atoms with van der Waals surface area (Å²) in [5.74, 6) is 0.889. The van der Waals surface area contributed by atoms with Gasteiger partial charge < -0.3 is 10.5 Å². The molecule has 0 aliphatic rings. The molecule has 0 fully saturated rings. The molecule has 0 bridgehead atoms. The molecule has 1 rings (SSSR count). The second kappa shape index (κ2) is 4.87. The molecule has 0 unspecified atom stereocenters. The van der Waals surface area contributed by atoms with E-state index in [4.69, 9.17) is 10.5 Å². The molecule has 0 aliphatic heterocycles. The SMILES string of the molecule is CCCc1ccc(OC)cc1CN. The molecule has 1 aromatic carbocycles. The molecule has 2 N–H and O–H groups in total. The Kier molecular flexibility index (Phi) is 3.77. The highest BCUT2D eigenvalue weighted by Gasteiger charge is 2.01. The molecule has 0 atom stereocenters. The van der Waals surface area contributed by atoms with E-state index in [2.05, 4.69) is 13.0 Å². The average molecular weight is 179 g/mol. The lowest BCUT2D eigenvalue weighted by Crippen LogP contribution is -2.02. The molecule has 72 valence electrons. The summed E-state index contributed by atoms with van der Waals surface area (Å²) in [6.45, 7) is 2.76. The van der Waals surface area contributed by atoms with Crippen molar-refractivity contribution in [2.45, 2.75) is 26.3 Å². The van der Waals surface area contributed by atoms with Gasteiger partial charge in [0, 0.05) is 6.54 Å². The Balaban J connectivity index is 2.93. The number of benzene rings is 1. The van der Waals surface area contributed by atoms with E-state index in [0.717, 1.165) is 18.6 Å². The van der Waals surface area contributed by atoms with Crippen molar-refractivity contribution in [3.63, 3.8) is 0 Å². The van der Waals surface area contributed by atoms with E-state index < -0.39 is 0 Å². The summed E-state index contributed by atoms with van der Waals surface area (Å²) in [5, 5.41) is 0. The van der Waals surface area contributed by atoms with Gasteiger partial charge in [-0.15, -0.1) is 0 Å². The number of methoxy groups -OCH3 is 1. The summed E-state index contributed by atoms with van der Waals surface area (Å²) in [5.41, 5.74) is 8.18. The molecule has 0 aliphatic carbocycles. The molecular formula is C11H17NO. The lowest BCUT2D eigenvalue weighted by molar-refractivity contribution is 0.414. The van der Waals surface area contributed by atoms with Crippen molar-refractivity contribution in [1.29, 1.82) is 0 Å². The van der Waals surface area contributed by atoms with Crippen molar-refractivity contribution < 1.29 is 4.74 Å². The second-order valence-corrected chi connectivity index (χ2v) is 3.09. The fourth-order valence-electron chi connectivity index (χ4n) is 1.43. The topological polar surface area (TPSA) is 35.2 Å². The lowest BCUT2D eigenvalue weighted by atomic mass is 10.0. The maximum atomic E-state index is 5.65. The van der Waals surface area contributed by atoms with E-state index in [-0.39, 0.29) is 0 Å². The molecule has 0 saturated carbocycles. The van der Waals surface area contributed by atoms with Crippen LogP contribution >= 0.6 is 0 Å². The highest BCUT2D eigenvalue weighted by Crippen LogP contribution is 2.18. The summed E-state index contributed by atoms with van der Waals surface area (Å²) in [7, 11) is 1.68. The summed E-state index contributed by atoms with van der Waals surface area (Å²) >= 11 is 0. The van der Waals surface area contributed by atoms with Gasteiger partial charge in [0.15, 0.2) is 0 Å². The average Bonchev–Trinajstić information content (AvgIpc) is 2.19. The molecule has 2 nitrogen and oxygen atoms in total. The zero-order chi connectivity index (χ0) is 9.68. The van der Waals surface area contributed by atoms with E-state index in [1.54, 1.807) is 7.11 Å². The first kappa shape index (κ1) is 10.1. The predicted molar refractivity (Wildman–Crippen MR) is 54.9 cm³/mol. The molecule has 0 amide bonds. The Hall–Kier alpha value is -1.02. The van der Waals surface area contributed by atoms with Gasteiger partial charge in [0.2, 0.25) is 0 Å². The van der Waals surface area contributed by atoms with Crippen LogP contribution in [0.1, 0.15) is 24.5 Å². The van der Waals surface area contributed by atoms with Crippen molar-refractivity contribution in [2.24, 2.45) is 5.73 Å². The van der Waals surface area contributed by atoms with Crippen LogP contribution in [-0.4, -0.2) is 7.11 Å². The largest absolute Gasteiger partial charge is 0.497 e. The Bertz CT molecular complexity index is 271. The first-order valence-corrected chi connectivity index (χ1v) is 4.67. The van der Waals surface area contributed by atoms with E-state index in [1.165, 1.54) is 11.1 Å². The van der Waals surface area contributed by atoms with Crippen LogP contribution in [-0.2, 0) is 13.0 Å². The normalized spacial score (nSPS) is 10.1. The van der Waals surface area contributed by atoms with Gasteiger partial charge in [-0.05, 0) is 29.7 Å². The molecule has 0 aromatic heterocycles. The number of aryl methyl sites for hydroxylation is 1. The van der Waals surface area contributed by atoms with Crippen LogP contribution in [0.15, 0.2) is 18.2 Å². The summed E-state index contributed by atoms with van der Waals surface area (Å²) in [4.78, 5) is 0. The van der Waals surface area contributed by atoms with Crippen molar-refractivity contribution in [1.82, 2.24) is 0 Å². The van der Waals surface area contributed by atoms with E-state index in [1.807, 2.05) is 12.1 Å². The number of ether oxygens (including phenoxy) is 1. The fraction of sp³-hybridized carbons (Fsp3) is 0.455. The van der Waals surface area contributed by atoms with Crippen molar-refractivity contribution in [2.75, 3.05) is 7.11 Å². The third-order valence-corrected chi connectivity index (χ3v) is 2.15. The number of hydrogen-bond donors (Lipinski definition) is 1. The van der Waals surface area contributed by atoms with Crippen LogP contribution in [0, 0.1) is 0 Å². The highest BCUT2D eigenvalue weighted by molar-refractivity contribution is 5.35. The molecule has 1 aromatic rings. The van der Waals surface area contributed by atoms with Gasteiger partial charge in [0.05, 0.1) is 7.11 Å². The number of nitrogens with two attached hydrogens (primary N) is 1. The van der Waals surface area contributed by atoms with E-state index in [9.17, 15) is 0 Å². The van der Waals surface area contributed by atoms with Crippen LogP contribution in [0.3, 0.4) is 0 Å². The monoisotopic (exact) mass is 179 g/mol. The lowest BCUT2D eigenvalue weighted by Gasteiger charge is -2.08. The number of hydrogen-bond acceptors (Lipinski definition) is 2. The Morgan fingerprint density at radius 2 is 2.08 bits per heavy atom. The second-order valence-electron chi connectivity index (χ2n) is 3.09. The fourth-order valence-corrected chi connectivity index (χ4v) is 1.43. The Morgan fingerprint density at radius 1 is 1.31 bits per heavy atom. The molecule has 2 heteroatoms. The van der Waals surface area contributed by atoms with E-state index in [0.29, 0.717) is 6.54 Å². The zero-order valence-electron chi connectivity index (χ0n) is 8.34. The predicted octanol–water partition coefficient (Wildman–Crippen LogP) is 2.11. The van der Waals surface area contributed by atoms with Crippen molar-refractivity contribution >= 4 is 0 Å². The Morgan fingerprint density at radius 3 is 2.62 bits per heavy atom. The van der Waals surface area contributed by atoms with Crippen LogP contribution in [0.5, 0.6) is 5.75 Å². The van der Waals surface area contributed by atoms with Gasteiger partial charge >= 0.3 is 0 Å². The van der Waals surface area contributed by atoms with Crippen molar-refractivity contribution in [3.8, 4) is 5.75 Å². The van der Waals surface area contributed by atoms with Gasteiger partial charge in [-0.3, -0.25) is 0 Å². The van der Waals surface area contributed by atoms with Gasteiger partial charge in [-0.25, -0.2) is 0 Å². The molecular weight excluding hydrogens is 162 g/mol. The maximum Gasteiger partial charge on any atom is 0.119 e. The highest BCUT2D eigenvalue weighted by atomic mass is 16.5. The van der Waals surface area contributed by atoms with Crippen molar-refractivity contribution in [3.05, 3.63) is 29.3 Å². The van der Waals surface area contributed by atoms with E-state index >= 15 is 0 Å². The Labute approximate surface area is 79.7 Å². The quantitative estimate of drug-likeness (QED) is 0.768. The minimum absolute atomic E-state index is 0.590. The van der Waals surface area contributed by atoms with Crippen LogP contribution < -0.4 is 10.5 Å². The summed E-state index contributed by atoms with van der Waals surface area (Å²) in [6.07, 6.45) is 2.25. The van der Waals surface area contributed by atoms with Gasteiger partial charge in [-0.2, -0.15) is 0 Å². The molecule has 13 heavy (non-hydrogen) atoms. The van der Waals surface area contributed by atoms with Crippen LogP contribution in [0.25, 0.3) is 0 Å². The minimum Gasteiger partial charge on any atom is -0.497 e. The molecule has 0 saturated heterocycles. The molecule has 0 spiro atoms. The summed E-state index contributed by atoms with van der Waals surface area (Å²) < 4.78 is 5.13. The zero-order valence-corrected chi connectivity index (χ0v) is 8.34. The smallest absolute Gasteiger partial charge is 0.119 e. The standard InChI is InChI=1S/C11H17NO/c1-3-4-9-5-6-11(13-2)7-10(9)8-12/h5-7H,3-4,8,12H2,1-2H3. The van der Waals surface area contributed by atoms with Crippen LogP contribution in [0.2, 0.25) is 0 Å². The van der Waals surface area contributed by atoms with Gasteiger partial charge in [0.25, 0.3) is 0 Å². The van der Waals surface area contributed by atoms with Gasteiger partial charge in [-0.1, -0.05) is 19.4 Å². The van der Waals surface area contributed by atoms with Gasteiger partial charge in [0.1, 0.15) is 5.75 Å². The van der Waals surface area contributed by atoms with Crippen LogP contribution in [0.4, 0.5) is 0 Å². The summed E-state index contributed by atoms with van der Waals surface area (Å²) in [6, 6.07) is 6.11. The number of rotatable bonds is 4.